The molecule has 3 heteroatoms. The zero-order chi connectivity index (χ0) is 11.3. The average molecular weight is 215 g/mol. The van der Waals surface area contributed by atoms with Crippen LogP contribution in [-0.2, 0) is 9.47 Å². The molecule has 3 nitrogen and oxygen atoms in total. The summed E-state index contributed by atoms with van der Waals surface area (Å²) in [6.07, 6.45) is 3.12. The van der Waals surface area contributed by atoms with Crippen molar-refractivity contribution in [3.8, 4) is 0 Å². The molecule has 2 atom stereocenters. The Hall–Kier alpha value is -0.120. The molecule has 1 heterocycles. The second-order valence-corrected chi connectivity index (χ2v) is 4.57. The number of rotatable bonds is 5. The van der Waals surface area contributed by atoms with E-state index in [9.17, 15) is 0 Å². The van der Waals surface area contributed by atoms with E-state index >= 15 is 0 Å². The predicted octanol–water partition coefficient (Wildman–Crippen LogP) is 1.95. The van der Waals surface area contributed by atoms with E-state index in [1.807, 2.05) is 6.92 Å². The van der Waals surface area contributed by atoms with Crippen molar-refractivity contribution in [1.29, 1.82) is 0 Å². The van der Waals surface area contributed by atoms with Gasteiger partial charge in [-0.25, -0.2) is 0 Å². The number of ether oxygens (including phenoxy) is 2. The smallest absolute Gasteiger partial charge is 0.0804 e. The first kappa shape index (κ1) is 12.9. The molecular formula is C12H25NO2. The summed E-state index contributed by atoms with van der Waals surface area (Å²) in [6.45, 7) is 8.76. The molecule has 15 heavy (non-hydrogen) atoms. The highest BCUT2D eigenvalue weighted by Crippen LogP contribution is 2.29. The van der Waals surface area contributed by atoms with Gasteiger partial charge in [0.05, 0.1) is 5.60 Å². The molecule has 0 spiro atoms. The third-order valence-corrected chi connectivity index (χ3v) is 3.66. The Balaban J connectivity index is 2.57. The monoisotopic (exact) mass is 215 g/mol. The first-order valence-electron chi connectivity index (χ1n) is 6.11. The third-order valence-electron chi connectivity index (χ3n) is 3.66. The molecule has 1 rings (SSSR count). The molecule has 0 aliphatic carbocycles. The van der Waals surface area contributed by atoms with Gasteiger partial charge in [0, 0.05) is 25.9 Å². The van der Waals surface area contributed by atoms with Gasteiger partial charge in [-0.3, -0.25) is 0 Å². The largest absolute Gasteiger partial charge is 0.381 e. The highest BCUT2D eigenvalue weighted by Gasteiger charge is 2.36. The molecule has 90 valence electrons. The maximum Gasteiger partial charge on any atom is 0.0804 e. The van der Waals surface area contributed by atoms with Gasteiger partial charge < -0.3 is 15.2 Å². The van der Waals surface area contributed by atoms with E-state index in [-0.39, 0.29) is 11.6 Å². The zero-order valence-electron chi connectivity index (χ0n) is 10.3. The SMILES string of the molecule is CCOC(C)(CC)C(N)C1CCOCC1. The summed E-state index contributed by atoms with van der Waals surface area (Å²) in [5.74, 6) is 0.551. The quantitative estimate of drug-likeness (QED) is 0.762. The van der Waals surface area contributed by atoms with Gasteiger partial charge in [-0.05, 0) is 39.0 Å². The molecule has 0 amide bonds. The van der Waals surface area contributed by atoms with Crippen LogP contribution in [0.4, 0.5) is 0 Å². The van der Waals surface area contributed by atoms with E-state index in [1.165, 1.54) is 0 Å². The molecule has 0 saturated carbocycles. The maximum absolute atomic E-state index is 6.34. The Morgan fingerprint density at radius 2 is 2.00 bits per heavy atom. The minimum absolute atomic E-state index is 0.131. The van der Waals surface area contributed by atoms with Gasteiger partial charge in [0.15, 0.2) is 0 Å². The molecule has 0 aromatic carbocycles. The molecule has 2 unspecified atom stereocenters. The molecule has 0 bridgehead atoms. The zero-order valence-corrected chi connectivity index (χ0v) is 10.3. The molecule has 0 aromatic heterocycles. The second kappa shape index (κ2) is 5.83. The normalized spacial score (nSPS) is 24.8. The van der Waals surface area contributed by atoms with Crippen LogP contribution >= 0.6 is 0 Å². The first-order valence-corrected chi connectivity index (χ1v) is 6.11. The van der Waals surface area contributed by atoms with Crippen LogP contribution in [0.2, 0.25) is 0 Å². The Morgan fingerprint density at radius 1 is 1.40 bits per heavy atom. The van der Waals surface area contributed by atoms with E-state index in [0.29, 0.717) is 5.92 Å². The number of nitrogens with two attached hydrogens (primary N) is 1. The summed E-state index contributed by atoms with van der Waals surface area (Å²) >= 11 is 0. The van der Waals surface area contributed by atoms with Crippen LogP contribution in [0, 0.1) is 5.92 Å². The standard InChI is InChI=1S/C12H25NO2/c1-4-12(3,15-5-2)11(13)10-6-8-14-9-7-10/h10-11H,4-9,13H2,1-3H3. The van der Waals surface area contributed by atoms with E-state index in [1.54, 1.807) is 0 Å². The Kier molecular flexibility index (Phi) is 5.03. The van der Waals surface area contributed by atoms with Gasteiger partial charge in [0.1, 0.15) is 0 Å². The van der Waals surface area contributed by atoms with E-state index in [0.717, 1.165) is 39.1 Å². The van der Waals surface area contributed by atoms with Crippen LogP contribution in [0.15, 0.2) is 0 Å². The van der Waals surface area contributed by atoms with Gasteiger partial charge >= 0.3 is 0 Å². The number of hydrogen-bond donors (Lipinski definition) is 1. The fraction of sp³-hybridized carbons (Fsp3) is 1.00. The van der Waals surface area contributed by atoms with Crippen molar-refractivity contribution >= 4 is 0 Å². The highest BCUT2D eigenvalue weighted by atomic mass is 16.5. The summed E-state index contributed by atoms with van der Waals surface area (Å²) in [5.41, 5.74) is 6.17. The van der Waals surface area contributed by atoms with Gasteiger partial charge in [0.2, 0.25) is 0 Å². The molecule has 0 radical (unpaired) electrons. The van der Waals surface area contributed by atoms with Crippen molar-refractivity contribution in [2.24, 2.45) is 11.7 Å². The summed E-state index contributed by atoms with van der Waals surface area (Å²) in [6, 6.07) is 0.131. The van der Waals surface area contributed by atoms with E-state index in [4.69, 9.17) is 15.2 Å². The van der Waals surface area contributed by atoms with E-state index < -0.39 is 0 Å². The van der Waals surface area contributed by atoms with Crippen molar-refractivity contribution in [2.45, 2.75) is 51.7 Å². The van der Waals surface area contributed by atoms with Gasteiger partial charge in [-0.1, -0.05) is 6.92 Å². The molecule has 1 aliphatic rings. The van der Waals surface area contributed by atoms with Crippen LogP contribution < -0.4 is 5.73 Å². The van der Waals surface area contributed by atoms with Crippen LogP contribution in [0.25, 0.3) is 0 Å². The molecule has 1 aliphatic heterocycles. The molecular weight excluding hydrogens is 190 g/mol. The van der Waals surface area contributed by atoms with Crippen molar-refractivity contribution in [3.05, 3.63) is 0 Å². The summed E-state index contributed by atoms with van der Waals surface area (Å²) < 4.78 is 11.2. The average Bonchev–Trinajstić information content (AvgIpc) is 2.29. The molecule has 1 fully saturated rings. The summed E-state index contributed by atoms with van der Waals surface area (Å²) in [4.78, 5) is 0. The minimum Gasteiger partial charge on any atom is -0.381 e. The number of hydrogen-bond acceptors (Lipinski definition) is 3. The minimum atomic E-state index is -0.170. The lowest BCUT2D eigenvalue weighted by atomic mass is 9.80. The van der Waals surface area contributed by atoms with E-state index in [2.05, 4.69) is 13.8 Å². The maximum atomic E-state index is 6.34. The Labute approximate surface area is 93.3 Å². The second-order valence-electron chi connectivity index (χ2n) is 4.57. The lowest BCUT2D eigenvalue weighted by molar-refractivity contribution is -0.0717. The molecule has 1 saturated heterocycles. The Morgan fingerprint density at radius 3 is 2.47 bits per heavy atom. The van der Waals surface area contributed by atoms with Gasteiger partial charge in [-0.15, -0.1) is 0 Å². The van der Waals surface area contributed by atoms with Crippen molar-refractivity contribution in [3.63, 3.8) is 0 Å². The molecule has 0 aromatic rings. The van der Waals surface area contributed by atoms with Crippen molar-refractivity contribution < 1.29 is 9.47 Å². The predicted molar refractivity (Wildman–Crippen MR) is 61.8 cm³/mol. The van der Waals surface area contributed by atoms with Gasteiger partial charge in [-0.2, -0.15) is 0 Å². The van der Waals surface area contributed by atoms with Crippen LogP contribution in [0.3, 0.4) is 0 Å². The lowest BCUT2D eigenvalue weighted by Gasteiger charge is -2.40. The lowest BCUT2D eigenvalue weighted by Crippen LogP contribution is -2.52. The van der Waals surface area contributed by atoms with Crippen LogP contribution in [-0.4, -0.2) is 31.5 Å². The summed E-state index contributed by atoms with van der Waals surface area (Å²) in [5, 5.41) is 0. The Bertz CT molecular complexity index is 180. The summed E-state index contributed by atoms with van der Waals surface area (Å²) in [7, 11) is 0. The van der Waals surface area contributed by atoms with Gasteiger partial charge in [0.25, 0.3) is 0 Å². The van der Waals surface area contributed by atoms with Crippen LogP contribution in [0.5, 0.6) is 0 Å². The third kappa shape index (κ3) is 3.16. The molecule has 2 N–H and O–H groups in total. The first-order chi connectivity index (χ1) is 7.14. The fourth-order valence-corrected chi connectivity index (χ4v) is 2.34. The topological polar surface area (TPSA) is 44.5 Å². The van der Waals surface area contributed by atoms with Crippen molar-refractivity contribution in [1.82, 2.24) is 0 Å². The highest BCUT2D eigenvalue weighted by molar-refractivity contribution is 4.91. The van der Waals surface area contributed by atoms with Crippen LogP contribution in [0.1, 0.15) is 40.0 Å². The van der Waals surface area contributed by atoms with Crippen molar-refractivity contribution in [2.75, 3.05) is 19.8 Å². The fourth-order valence-electron chi connectivity index (χ4n) is 2.34.